The number of benzene rings is 2. The molecule has 3 fully saturated rings. The second-order valence-electron chi connectivity index (χ2n) is 15.4. The topological polar surface area (TPSA) is 204 Å². The van der Waals surface area contributed by atoms with Crippen LogP contribution < -0.4 is 20.1 Å². The predicted molar refractivity (Wildman–Crippen MR) is 213 cm³/mol. The largest absolute Gasteiger partial charge is 0.497 e. The third-order valence-corrected chi connectivity index (χ3v) is 14.4. The van der Waals surface area contributed by atoms with Crippen LogP contribution in [0.5, 0.6) is 5.75 Å². The van der Waals surface area contributed by atoms with Crippen LogP contribution in [0.2, 0.25) is 0 Å². The van der Waals surface area contributed by atoms with Gasteiger partial charge < -0.3 is 25.0 Å². The Morgan fingerprint density at radius 1 is 1.00 bits per heavy atom. The predicted octanol–water partition coefficient (Wildman–Crippen LogP) is 4.64. The molecule has 306 valence electrons. The highest BCUT2D eigenvalue weighted by Gasteiger charge is 2.62. The molecule has 8 rings (SSSR count). The summed E-state index contributed by atoms with van der Waals surface area (Å²) in [5.41, 5.74) is -0.898. The number of hydrogen-bond acceptors (Lipinski definition) is 12. The average Bonchev–Trinajstić information content (AvgIpc) is 3.85. The summed E-state index contributed by atoms with van der Waals surface area (Å²) >= 11 is 1.04. The maximum absolute atomic E-state index is 14.6. The zero-order valence-corrected chi connectivity index (χ0v) is 33.7. The van der Waals surface area contributed by atoms with E-state index in [-0.39, 0.29) is 29.7 Å². The van der Waals surface area contributed by atoms with Crippen LogP contribution in [0.4, 0.5) is 4.79 Å². The Kier molecular flexibility index (Phi) is 11.2. The molecule has 2 aromatic carbocycles. The number of hydrogen-bond donors (Lipinski definition) is 3. The van der Waals surface area contributed by atoms with Gasteiger partial charge in [0.1, 0.15) is 33.7 Å². The van der Waals surface area contributed by atoms with Gasteiger partial charge in [-0.3, -0.25) is 14.4 Å². The van der Waals surface area contributed by atoms with Gasteiger partial charge in [-0.05, 0) is 98.4 Å². The molecule has 2 aliphatic carbocycles. The van der Waals surface area contributed by atoms with Crippen LogP contribution in [-0.2, 0) is 29.1 Å². The quantitative estimate of drug-likeness (QED) is 0.209. The molecule has 4 aromatic rings. The fourth-order valence-corrected chi connectivity index (χ4v) is 10.6. The van der Waals surface area contributed by atoms with Crippen molar-refractivity contribution in [2.45, 2.75) is 105 Å². The zero-order chi connectivity index (χ0) is 40.4. The summed E-state index contributed by atoms with van der Waals surface area (Å²) in [5.74, 6) is -1.47. The molecule has 2 saturated carbocycles. The number of ether oxygens (including phenoxy) is 2. The van der Waals surface area contributed by atoms with Gasteiger partial charge >= 0.3 is 6.09 Å². The Labute approximate surface area is 339 Å². The van der Waals surface area contributed by atoms with E-state index in [1.165, 1.54) is 15.8 Å². The lowest BCUT2D eigenvalue weighted by atomic mass is 10.0. The molecule has 2 aliphatic heterocycles. The number of thiophene rings is 1. The van der Waals surface area contributed by atoms with Gasteiger partial charge in [0.05, 0.1) is 13.2 Å². The number of carbonyl (C=O) groups excluding carboxylic acids is 4. The number of nitrogens with zero attached hydrogens (tertiary/aromatic N) is 5. The Balaban J connectivity index is 1.08. The van der Waals surface area contributed by atoms with Crippen molar-refractivity contribution in [3.05, 3.63) is 66.7 Å². The highest BCUT2D eigenvalue weighted by Crippen LogP contribution is 2.46. The maximum Gasteiger partial charge on any atom is 0.408 e. The third-order valence-electron chi connectivity index (χ3n) is 11.5. The van der Waals surface area contributed by atoms with E-state index in [0.717, 1.165) is 59.9 Å². The monoisotopic (exact) mass is 830 g/mol. The molecule has 4 aliphatic rings. The number of allylic oxidation sites excluding steroid dienone is 1. The van der Waals surface area contributed by atoms with E-state index in [9.17, 15) is 27.6 Å². The summed E-state index contributed by atoms with van der Waals surface area (Å²) in [4.78, 5) is 59.2. The molecular weight excluding hydrogens is 785 g/mol. The second kappa shape index (κ2) is 16.5. The molecule has 16 nitrogen and oxygen atoms in total. The fourth-order valence-electron chi connectivity index (χ4n) is 8.19. The van der Waals surface area contributed by atoms with Crippen LogP contribution in [0, 0.1) is 5.92 Å². The van der Waals surface area contributed by atoms with Crippen molar-refractivity contribution in [1.82, 2.24) is 40.5 Å². The number of carbonyl (C=O) groups is 4. The molecule has 5 atom stereocenters. The smallest absolute Gasteiger partial charge is 0.408 e. The van der Waals surface area contributed by atoms with Gasteiger partial charge in [-0.2, -0.15) is 4.80 Å². The molecule has 0 bridgehead atoms. The van der Waals surface area contributed by atoms with E-state index in [2.05, 4.69) is 30.8 Å². The summed E-state index contributed by atoms with van der Waals surface area (Å²) in [6.07, 6.45) is 9.78. The highest BCUT2D eigenvalue weighted by atomic mass is 32.2. The summed E-state index contributed by atoms with van der Waals surface area (Å²) < 4.78 is 41.1. The number of alkyl carbamates (subject to hydrolysis) is 1. The van der Waals surface area contributed by atoms with Crippen molar-refractivity contribution < 1.29 is 37.1 Å². The lowest BCUT2D eigenvalue weighted by molar-refractivity contribution is -0.141. The van der Waals surface area contributed by atoms with Gasteiger partial charge in [0.15, 0.2) is 0 Å². The van der Waals surface area contributed by atoms with Gasteiger partial charge in [0, 0.05) is 29.1 Å². The first kappa shape index (κ1) is 39.5. The van der Waals surface area contributed by atoms with E-state index in [1.54, 1.807) is 55.6 Å². The first-order chi connectivity index (χ1) is 28.0. The molecule has 58 heavy (non-hydrogen) atoms. The van der Waals surface area contributed by atoms with Crippen molar-refractivity contribution in [1.29, 1.82) is 0 Å². The van der Waals surface area contributed by atoms with Gasteiger partial charge in [-0.25, -0.2) is 17.9 Å². The van der Waals surface area contributed by atoms with Crippen LogP contribution in [0.1, 0.15) is 76.7 Å². The SMILES string of the molecule is COc1ccc(-c2nnn([C@@H]3C[C@H]4C(=O)N[C@@]5(C(=O)NS(=O)(=O)c6cc7ccccc7s6)C[C@H]5/C=C\CCCCC[C@@H](NC(=O)OC5CCCC5)C(=O)N4C3)n2)cc1. The van der Waals surface area contributed by atoms with Crippen molar-refractivity contribution >= 4 is 55.3 Å². The van der Waals surface area contributed by atoms with Crippen molar-refractivity contribution in [2.24, 2.45) is 5.92 Å². The lowest BCUT2D eigenvalue weighted by Crippen LogP contribution is -2.58. The first-order valence-corrected chi connectivity index (χ1v) is 22.1. The van der Waals surface area contributed by atoms with E-state index >= 15 is 0 Å². The van der Waals surface area contributed by atoms with Gasteiger partial charge in [0.2, 0.25) is 17.6 Å². The second-order valence-corrected chi connectivity index (χ2v) is 18.4. The molecule has 0 radical (unpaired) electrons. The minimum absolute atomic E-state index is 0.00797. The average molecular weight is 831 g/mol. The molecule has 1 saturated heterocycles. The molecule has 3 N–H and O–H groups in total. The number of aromatic nitrogens is 4. The summed E-state index contributed by atoms with van der Waals surface area (Å²) in [5, 5.41) is 19.6. The minimum atomic E-state index is -4.30. The maximum atomic E-state index is 14.6. The van der Waals surface area contributed by atoms with Gasteiger partial charge in [0.25, 0.3) is 15.9 Å². The van der Waals surface area contributed by atoms with E-state index in [0.29, 0.717) is 36.4 Å². The van der Waals surface area contributed by atoms with Crippen molar-refractivity contribution in [3.63, 3.8) is 0 Å². The van der Waals surface area contributed by atoms with Crippen LogP contribution in [0.3, 0.4) is 0 Å². The number of fused-ring (bicyclic) bond motifs is 3. The normalized spacial score (nSPS) is 26.1. The molecule has 0 spiro atoms. The van der Waals surface area contributed by atoms with Crippen molar-refractivity contribution in [3.8, 4) is 17.1 Å². The lowest BCUT2D eigenvalue weighted by Gasteiger charge is -2.30. The number of tetrazole rings is 1. The fraction of sp³-hybridized carbons (Fsp3) is 0.475. The Morgan fingerprint density at radius 3 is 2.55 bits per heavy atom. The number of sulfonamides is 1. The molecule has 2 aromatic heterocycles. The Morgan fingerprint density at radius 2 is 1.78 bits per heavy atom. The minimum Gasteiger partial charge on any atom is -0.497 e. The number of nitrogens with one attached hydrogen (secondary N) is 3. The van der Waals surface area contributed by atoms with Crippen LogP contribution >= 0.6 is 11.3 Å². The van der Waals surface area contributed by atoms with Crippen LogP contribution in [0.15, 0.2) is 71.0 Å². The van der Waals surface area contributed by atoms with Crippen LogP contribution in [0.25, 0.3) is 21.5 Å². The molecule has 4 amide bonds. The summed E-state index contributed by atoms with van der Waals surface area (Å²) in [6.45, 7) is 0.00797. The zero-order valence-electron chi connectivity index (χ0n) is 32.0. The van der Waals surface area contributed by atoms with E-state index in [4.69, 9.17) is 9.47 Å². The molecule has 18 heteroatoms. The van der Waals surface area contributed by atoms with E-state index in [1.807, 2.05) is 12.2 Å². The van der Waals surface area contributed by atoms with Gasteiger partial charge in [-0.1, -0.05) is 43.2 Å². The number of methoxy groups -OCH3 is 1. The first-order valence-electron chi connectivity index (χ1n) is 19.8. The third kappa shape index (κ3) is 8.30. The Bertz CT molecular complexity index is 2290. The van der Waals surface area contributed by atoms with Crippen molar-refractivity contribution in [2.75, 3.05) is 13.7 Å². The Hall–Kier alpha value is -5.36. The highest BCUT2D eigenvalue weighted by molar-refractivity contribution is 7.92. The molecular formula is C40H46N8O8S2. The summed E-state index contributed by atoms with van der Waals surface area (Å²) in [6, 6.07) is 13.1. The number of rotatable bonds is 8. The van der Waals surface area contributed by atoms with Gasteiger partial charge in [-0.15, -0.1) is 21.5 Å². The number of amides is 4. The van der Waals surface area contributed by atoms with Crippen LogP contribution in [-0.4, -0.2) is 94.7 Å². The summed E-state index contributed by atoms with van der Waals surface area (Å²) in [7, 11) is -2.73. The standard InChI is InChI=1S/C40H46N8O8S2/c1-55-29-19-17-25(18-20-29)35-43-46-48(44-35)28-22-32-36(49)42-40(38(51)45-58(53,54)34-21-26-11-7-10-16-33(26)57-34)23-27(40)12-5-3-2-4-6-15-31(37(50)47(32)24-28)41-39(52)56-30-13-8-9-14-30/h5,7,10-12,16-21,27-28,30-32H,2-4,6,8-9,13-15,22-24H2,1H3,(H,41,52)(H,42,49)(H,45,51)/b12-5-/t27-,28-,31-,32+,40+/m1/s1. The van der Waals surface area contributed by atoms with E-state index < -0.39 is 63.4 Å². The molecule has 0 unspecified atom stereocenters. The molecule has 4 heterocycles.